The minimum atomic E-state index is -0.0716. The second-order valence-electron chi connectivity index (χ2n) is 5.79. The molecule has 1 saturated heterocycles. The highest BCUT2D eigenvalue weighted by Crippen LogP contribution is 2.62. The van der Waals surface area contributed by atoms with Crippen molar-refractivity contribution in [1.29, 1.82) is 0 Å². The number of carbonyl (C=O) groups is 1. The second kappa shape index (κ2) is 4.53. The monoisotopic (exact) mass is 228 g/mol. The van der Waals surface area contributed by atoms with Gasteiger partial charge in [-0.15, -0.1) is 0 Å². The van der Waals surface area contributed by atoms with Crippen LogP contribution < -0.4 is 0 Å². The molecule has 1 aliphatic rings. The van der Waals surface area contributed by atoms with Gasteiger partial charge in [-0.1, -0.05) is 35.6 Å². The maximum absolute atomic E-state index is 11.8. The molecule has 0 spiro atoms. The smallest absolute Gasteiger partial charge is 0.133 e. The average molecular weight is 228 g/mol. The molecule has 2 heteroatoms. The Morgan fingerprint density at radius 3 is 2.47 bits per heavy atom. The van der Waals surface area contributed by atoms with Crippen molar-refractivity contribution < 1.29 is 4.79 Å². The third-order valence-electron chi connectivity index (χ3n) is 4.30. The lowest BCUT2D eigenvalue weighted by atomic mass is 9.95. The lowest BCUT2D eigenvalue weighted by Crippen LogP contribution is -2.35. The zero-order valence-electron chi connectivity index (χ0n) is 10.9. The largest absolute Gasteiger partial charge is 0.300 e. The summed E-state index contributed by atoms with van der Waals surface area (Å²) in [5.74, 6) is 0.490. The zero-order valence-corrected chi connectivity index (χ0v) is 11.8. The second-order valence-corrected chi connectivity index (χ2v) is 9.20. The highest BCUT2D eigenvalue weighted by atomic mass is 31.1. The van der Waals surface area contributed by atoms with Crippen LogP contribution in [0.2, 0.25) is 0 Å². The van der Waals surface area contributed by atoms with E-state index in [9.17, 15) is 4.79 Å². The summed E-state index contributed by atoms with van der Waals surface area (Å²) < 4.78 is 0. The molecule has 0 aliphatic carbocycles. The van der Waals surface area contributed by atoms with E-state index in [4.69, 9.17) is 0 Å². The Hall–Kier alpha value is 0.100. The third kappa shape index (κ3) is 2.81. The number of rotatable bonds is 1. The van der Waals surface area contributed by atoms with Crippen molar-refractivity contribution in [1.82, 2.24) is 0 Å². The van der Waals surface area contributed by atoms with E-state index in [1.165, 1.54) is 6.42 Å². The number of carbonyl (C=O) groups excluding carboxylic acids is 1. The first kappa shape index (κ1) is 13.2. The van der Waals surface area contributed by atoms with Gasteiger partial charge in [0.15, 0.2) is 0 Å². The van der Waals surface area contributed by atoms with Crippen LogP contribution in [0.5, 0.6) is 0 Å². The summed E-state index contributed by atoms with van der Waals surface area (Å²) in [5.41, 5.74) is 0. The molecule has 0 amide bonds. The molecule has 0 aromatic carbocycles. The summed E-state index contributed by atoms with van der Waals surface area (Å²) in [5, 5.41) is 0.719. The van der Waals surface area contributed by atoms with Gasteiger partial charge in [-0.3, -0.25) is 4.79 Å². The van der Waals surface area contributed by atoms with Crippen LogP contribution in [0.4, 0.5) is 0 Å². The summed E-state index contributed by atoms with van der Waals surface area (Å²) in [4.78, 5) is 11.8. The molecule has 0 radical (unpaired) electrons. The Morgan fingerprint density at radius 1 is 1.33 bits per heavy atom. The van der Waals surface area contributed by atoms with Crippen LogP contribution in [0.15, 0.2) is 0 Å². The Morgan fingerprint density at radius 2 is 1.93 bits per heavy atom. The van der Waals surface area contributed by atoms with Gasteiger partial charge >= 0.3 is 0 Å². The van der Waals surface area contributed by atoms with E-state index in [1.54, 1.807) is 0 Å². The Labute approximate surface area is 95.8 Å². The molecule has 1 aliphatic heterocycles. The first-order valence-corrected chi connectivity index (χ1v) is 7.86. The van der Waals surface area contributed by atoms with Gasteiger partial charge in [0.2, 0.25) is 0 Å². The van der Waals surface area contributed by atoms with Crippen LogP contribution in [0.3, 0.4) is 0 Å². The van der Waals surface area contributed by atoms with Gasteiger partial charge in [-0.2, -0.15) is 0 Å². The van der Waals surface area contributed by atoms with Crippen molar-refractivity contribution in [2.45, 2.75) is 70.1 Å². The summed E-state index contributed by atoms with van der Waals surface area (Å²) in [7, 11) is -0.0716. The highest BCUT2D eigenvalue weighted by molar-refractivity contribution is 7.60. The Kier molecular flexibility index (Phi) is 3.98. The molecule has 0 saturated carbocycles. The lowest BCUT2D eigenvalue weighted by Gasteiger charge is -2.46. The summed E-state index contributed by atoms with van der Waals surface area (Å²) in [6.45, 7) is 11.7. The molecule has 2 unspecified atom stereocenters. The molecular formula is C13H25OP. The minimum absolute atomic E-state index is 0.0716. The van der Waals surface area contributed by atoms with Crippen LogP contribution in [0.1, 0.15) is 59.8 Å². The van der Waals surface area contributed by atoms with Gasteiger partial charge in [0, 0.05) is 12.8 Å². The molecule has 0 N–H and O–H groups in total. The SMILES string of the molecule is CCC1(C)CC(=O)CCCC(C)(C)P1C. The van der Waals surface area contributed by atoms with Gasteiger partial charge in [-0.05, 0) is 36.2 Å². The van der Waals surface area contributed by atoms with Gasteiger partial charge in [0.05, 0.1) is 0 Å². The first-order valence-electron chi connectivity index (χ1n) is 6.07. The van der Waals surface area contributed by atoms with E-state index < -0.39 is 0 Å². The van der Waals surface area contributed by atoms with Gasteiger partial charge in [0.1, 0.15) is 5.78 Å². The predicted octanol–water partition coefficient (Wildman–Crippen LogP) is 4.19. The fraction of sp³-hybridized carbons (Fsp3) is 0.923. The molecule has 1 fully saturated rings. The number of hydrogen-bond donors (Lipinski definition) is 0. The molecule has 1 heterocycles. The van der Waals surface area contributed by atoms with Gasteiger partial charge < -0.3 is 0 Å². The van der Waals surface area contributed by atoms with E-state index >= 15 is 0 Å². The summed E-state index contributed by atoms with van der Waals surface area (Å²) >= 11 is 0. The number of ketones is 1. The highest BCUT2D eigenvalue weighted by Gasteiger charge is 2.41. The van der Waals surface area contributed by atoms with E-state index in [1.807, 2.05) is 0 Å². The Bertz CT molecular complexity index is 247. The summed E-state index contributed by atoms with van der Waals surface area (Å²) in [6.07, 6.45) is 5.08. The molecule has 1 nitrogen and oxygen atoms in total. The first-order chi connectivity index (χ1) is 6.82. The molecule has 88 valence electrons. The van der Waals surface area contributed by atoms with Crippen LogP contribution in [0.25, 0.3) is 0 Å². The quantitative estimate of drug-likeness (QED) is 0.615. The van der Waals surface area contributed by atoms with Crippen molar-refractivity contribution in [3.8, 4) is 0 Å². The standard InChI is InChI=1S/C13H25OP/c1-6-13(4)10-11(14)8-7-9-12(2,3)15(13)5/h6-10H2,1-5H3. The van der Waals surface area contributed by atoms with Crippen molar-refractivity contribution >= 4 is 13.7 Å². The number of Topliss-reactive ketones (excluding diaryl/α,β-unsaturated/α-hetero) is 1. The maximum Gasteiger partial charge on any atom is 0.133 e. The van der Waals surface area contributed by atoms with Crippen molar-refractivity contribution in [2.75, 3.05) is 6.66 Å². The van der Waals surface area contributed by atoms with E-state index in [-0.39, 0.29) is 13.1 Å². The van der Waals surface area contributed by atoms with Crippen molar-refractivity contribution in [3.63, 3.8) is 0 Å². The molecule has 0 aromatic rings. The van der Waals surface area contributed by atoms with Gasteiger partial charge in [-0.25, -0.2) is 0 Å². The molecule has 1 rings (SSSR count). The van der Waals surface area contributed by atoms with E-state index in [0.717, 1.165) is 25.7 Å². The minimum Gasteiger partial charge on any atom is -0.300 e. The van der Waals surface area contributed by atoms with Crippen LogP contribution >= 0.6 is 7.92 Å². The lowest BCUT2D eigenvalue weighted by molar-refractivity contribution is -0.119. The van der Waals surface area contributed by atoms with E-state index in [2.05, 4.69) is 34.4 Å². The third-order valence-corrected chi connectivity index (χ3v) is 8.44. The van der Waals surface area contributed by atoms with Crippen molar-refractivity contribution in [3.05, 3.63) is 0 Å². The zero-order chi connectivity index (χ0) is 11.7. The molecule has 2 atom stereocenters. The molecule has 15 heavy (non-hydrogen) atoms. The number of hydrogen-bond acceptors (Lipinski definition) is 1. The van der Waals surface area contributed by atoms with Crippen molar-refractivity contribution in [2.24, 2.45) is 0 Å². The fourth-order valence-electron chi connectivity index (χ4n) is 2.61. The maximum atomic E-state index is 11.8. The molecular weight excluding hydrogens is 203 g/mol. The van der Waals surface area contributed by atoms with Crippen LogP contribution in [0, 0.1) is 0 Å². The average Bonchev–Trinajstić information content (AvgIpc) is 2.15. The van der Waals surface area contributed by atoms with E-state index in [0.29, 0.717) is 10.9 Å². The van der Waals surface area contributed by atoms with Crippen LogP contribution in [-0.4, -0.2) is 22.8 Å². The molecule has 0 bridgehead atoms. The summed E-state index contributed by atoms with van der Waals surface area (Å²) in [6, 6.07) is 0. The van der Waals surface area contributed by atoms with Crippen LogP contribution in [-0.2, 0) is 4.79 Å². The molecule has 0 aromatic heterocycles. The van der Waals surface area contributed by atoms with Gasteiger partial charge in [0.25, 0.3) is 0 Å². The predicted molar refractivity (Wildman–Crippen MR) is 69.1 cm³/mol. The topological polar surface area (TPSA) is 17.1 Å². The fourth-order valence-corrected chi connectivity index (χ4v) is 5.45. The normalized spacial score (nSPS) is 37.1. The Balaban J connectivity index is 2.94.